The first-order valence-electron chi connectivity index (χ1n) is 6.29. The van der Waals surface area contributed by atoms with Gasteiger partial charge in [0, 0.05) is 24.2 Å². The van der Waals surface area contributed by atoms with Gasteiger partial charge in [-0.05, 0) is 6.07 Å². The van der Waals surface area contributed by atoms with Crippen LogP contribution in [0.15, 0.2) is 36.4 Å². The molecule has 1 unspecified atom stereocenters. The molecular formula is C15H12F3NO3. The Labute approximate surface area is 123 Å². The zero-order valence-corrected chi connectivity index (χ0v) is 11.2. The fourth-order valence-electron chi connectivity index (χ4n) is 1.92. The summed E-state index contributed by atoms with van der Waals surface area (Å²) in [4.78, 5) is 11.8. The van der Waals surface area contributed by atoms with E-state index in [9.17, 15) is 28.2 Å². The number of hydrogen-bond donors (Lipinski definition) is 3. The van der Waals surface area contributed by atoms with Crippen LogP contribution in [0, 0.1) is 17.5 Å². The predicted molar refractivity (Wildman–Crippen MR) is 71.7 cm³/mol. The molecule has 1 atom stereocenters. The number of phenolic OH excluding ortho intramolecular Hbond substituents is 1. The topological polar surface area (TPSA) is 69.6 Å². The van der Waals surface area contributed by atoms with Crippen LogP contribution >= 0.6 is 0 Å². The zero-order valence-electron chi connectivity index (χ0n) is 11.2. The number of hydrogen-bond acceptors (Lipinski definition) is 3. The number of aliphatic hydroxyl groups is 1. The largest absolute Gasteiger partial charge is 0.507 e. The zero-order chi connectivity index (χ0) is 16.3. The number of aliphatic hydroxyl groups excluding tert-OH is 1. The number of halogens is 3. The molecule has 4 nitrogen and oxygen atoms in total. The van der Waals surface area contributed by atoms with Gasteiger partial charge < -0.3 is 15.5 Å². The third-order valence-electron chi connectivity index (χ3n) is 2.98. The fourth-order valence-corrected chi connectivity index (χ4v) is 1.92. The van der Waals surface area contributed by atoms with Crippen LogP contribution in [0.4, 0.5) is 13.2 Å². The van der Waals surface area contributed by atoms with Crippen molar-refractivity contribution in [3.05, 3.63) is 65.0 Å². The van der Waals surface area contributed by atoms with E-state index in [1.165, 1.54) is 18.2 Å². The van der Waals surface area contributed by atoms with Gasteiger partial charge in [0.2, 0.25) is 0 Å². The van der Waals surface area contributed by atoms with E-state index in [0.717, 1.165) is 6.07 Å². The average Bonchev–Trinajstić information content (AvgIpc) is 2.44. The van der Waals surface area contributed by atoms with E-state index in [1.807, 2.05) is 0 Å². The molecule has 0 aliphatic rings. The predicted octanol–water partition coefficient (Wildman–Crippen LogP) is 2.27. The summed E-state index contributed by atoms with van der Waals surface area (Å²) < 4.78 is 39.8. The first kappa shape index (κ1) is 15.8. The maximum Gasteiger partial charge on any atom is 0.258 e. The lowest BCUT2D eigenvalue weighted by Crippen LogP contribution is -2.29. The van der Waals surface area contributed by atoms with Gasteiger partial charge in [0.05, 0.1) is 6.10 Å². The first-order valence-corrected chi connectivity index (χ1v) is 6.29. The normalized spacial score (nSPS) is 12.0. The minimum absolute atomic E-state index is 0.0356. The summed E-state index contributed by atoms with van der Waals surface area (Å²) in [5, 5.41) is 21.4. The summed E-state index contributed by atoms with van der Waals surface area (Å²) in [5.74, 6) is -4.84. The van der Waals surface area contributed by atoms with Gasteiger partial charge >= 0.3 is 0 Å². The highest BCUT2D eigenvalue weighted by atomic mass is 19.1. The Morgan fingerprint density at radius 3 is 2.45 bits per heavy atom. The molecule has 116 valence electrons. The number of benzene rings is 2. The monoisotopic (exact) mass is 311 g/mol. The Hall–Kier alpha value is -2.54. The Bertz CT molecular complexity index is 683. The van der Waals surface area contributed by atoms with Crippen LogP contribution in [-0.2, 0) is 0 Å². The Morgan fingerprint density at radius 2 is 1.82 bits per heavy atom. The molecule has 0 bridgehead atoms. The number of aromatic hydroxyl groups is 1. The van der Waals surface area contributed by atoms with Crippen LogP contribution in [0.2, 0.25) is 0 Å². The maximum atomic E-state index is 13.5. The second-order valence-electron chi connectivity index (χ2n) is 4.53. The molecule has 2 aromatic rings. The molecule has 0 aliphatic heterocycles. The van der Waals surface area contributed by atoms with Gasteiger partial charge in [0.15, 0.2) is 0 Å². The number of amides is 1. The van der Waals surface area contributed by atoms with Crippen molar-refractivity contribution < 1.29 is 28.2 Å². The lowest BCUT2D eigenvalue weighted by molar-refractivity contribution is 0.0907. The summed E-state index contributed by atoms with van der Waals surface area (Å²) >= 11 is 0. The van der Waals surface area contributed by atoms with Gasteiger partial charge in [0.25, 0.3) is 5.91 Å². The Balaban J connectivity index is 2.09. The van der Waals surface area contributed by atoms with Crippen LogP contribution in [0.3, 0.4) is 0 Å². The van der Waals surface area contributed by atoms with Gasteiger partial charge in [0.1, 0.15) is 28.8 Å². The highest BCUT2D eigenvalue weighted by Crippen LogP contribution is 2.22. The SMILES string of the molecule is O=C(NCC(O)c1ccccc1F)c1c(O)cc(F)cc1F. The smallest absolute Gasteiger partial charge is 0.258 e. The van der Waals surface area contributed by atoms with Gasteiger partial charge in [-0.1, -0.05) is 18.2 Å². The fraction of sp³-hybridized carbons (Fsp3) is 0.133. The first-order chi connectivity index (χ1) is 10.4. The van der Waals surface area contributed by atoms with Crippen molar-refractivity contribution in [1.82, 2.24) is 5.32 Å². The molecule has 0 saturated heterocycles. The van der Waals surface area contributed by atoms with E-state index in [-0.39, 0.29) is 5.56 Å². The minimum atomic E-state index is -1.35. The molecule has 1 amide bonds. The molecule has 0 spiro atoms. The number of nitrogens with one attached hydrogen (secondary N) is 1. The van der Waals surface area contributed by atoms with Crippen LogP contribution < -0.4 is 5.32 Å². The standard InChI is InChI=1S/C15H12F3NO3/c16-8-5-11(18)14(12(20)6-8)15(22)19-7-13(21)9-3-1-2-4-10(9)17/h1-6,13,20-21H,7H2,(H,19,22). The highest BCUT2D eigenvalue weighted by Gasteiger charge is 2.20. The number of phenols is 1. The molecule has 0 saturated carbocycles. The molecular weight excluding hydrogens is 299 g/mol. The highest BCUT2D eigenvalue weighted by molar-refractivity contribution is 5.97. The molecule has 7 heteroatoms. The van der Waals surface area contributed by atoms with E-state index >= 15 is 0 Å². The van der Waals surface area contributed by atoms with Gasteiger partial charge in [-0.3, -0.25) is 4.79 Å². The summed E-state index contributed by atoms with van der Waals surface area (Å²) in [5.41, 5.74) is -0.784. The third kappa shape index (κ3) is 3.37. The molecule has 3 N–H and O–H groups in total. The molecule has 0 aliphatic carbocycles. The van der Waals surface area contributed by atoms with Crippen molar-refractivity contribution in [2.24, 2.45) is 0 Å². The third-order valence-corrected chi connectivity index (χ3v) is 2.98. The molecule has 0 heterocycles. The van der Waals surface area contributed by atoms with E-state index in [0.29, 0.717) is 12.1 Å². The molecule has 0 fully saturated rings. The van der Waals surface area contributed by atoms with Crippen molar-refractivity contribution in [3.8, 4) is 5.75 Å². The van der Waals surface area contributed by atoms with Crippen molar-refractivity contribution in [3.63, 3.8) is 0 Å². The molecule has 0 aromatic heterocycles. The molecule has 22 heavy (non-hydrogen) atoms. The Kier molecular flexibility index (Phi) is 4.67. The number of carbonyl (C=O) groups is 1. The van der Waals surface area contributed by atoms with Gasteiger partial charge in [-0.25, -0.2) is 13.2 Å². The number of rotatable bonds is 4. The summed E-state index contributed by atoms with van der Waals surface area (Å²) in [6.07, 6.45) is -1.35. The molecule has 0 radical (unpaired) electrons. The number of carbonyl (C=O) groups excluding carboxylic acids is 1. The van der Waals surface area contributed by atoms with Crippen LogP contribution in [0.25, 0.3) is 0 Å². The van der Waals surface area contributed by atoms with Gasteiger partial charge in [-0.2, -0.15) is 0 Å². The van der Waals surface area contributed by atoms with Gasteiger partial charge in [-0.15, -0.1) is 0 Å². The maximum absolute atomic E-state index is 13.5. The van der Waals surface area contributed by atoms with Crippen molar-refractivity contribution in [2.45, 2.75) is 6.10 Å². The van der Waals surface area contributed by atoms with Crippen molar-refractivity contribution in [1.29, 1.82) is 0 Å². The summed E-state index contributed by atoms with van der Waals surface area (Å²) in [7, 11) is 0. The van der Waals surface area contributed by atoms with Crippen LogP contribution in [-0.4, -0.2) is 22.7 Å². The summed E-state index contributed by atoms with van der Waals surface area (Å²) in [6.45, 7) is -0.407. The second-order valence-corrected chi connectivity index (χ2v) is 4.53. The quantitative estimate of drug-likeness (QED) is 0.811. The second kappa shape index (κ2) is 6.48. The lowest BCUT2D eigenvalue weighted by Gasteiger charge is -2.13. The van der Waals surface area contributed by atoms with E-state index < -0.39 is 47.3 Å². The molecule has 2 rings (SSSR count). The lowest BCUT2D eigenvalue weighted by atomic mass is 10.1. The average molecular weight is 311 g/mol. The Morgan fingerprint density at radius 1 is 1.14 bits per heavy atom. The molecule has 2 aromatic carbocycles. The van der Waals surface area contributed by atoms with E-state index in [1.54, 1.807) is 0 Å². The van der Waals surface area contributed by atoms with Crippen LogP contribution in [0.1, 0.15) is 22.0 Å². The minimum Gasteiger partial charge on any atom is -0.507 e. The van der Waals surface area contributed by atoms with Crippen LogP contribution in [0.5, 0.6) is 5.75 Å². The van der Waals surface area contributed by atoms with E-state index in [2.05, 4.69) is 5.32 Å². The van der Waals surface area contributed by atoms with E-state index in [4.69, 9.17) is 0 Å². The van der Waals surface area contributed by atoms with Crippen molar-refractivity contribution in [2.75, 3.05) is 6.54 Å². The summed E-state index contributed by atoms with van der Waals surface area (Å²) in [6, 6.07) is 6.46. The van der Waals surface area contributed by atoms with Crippen molar-refractivity contribution >= 4 is 5.91 Å².